The number of rotatable bonds is 3. The highest BCUT2D eigenvalue weighted by molar-refractivity contribution is 6.12. The molecule has 0 unspecified atom stereocenters. The maximum Gasteiger partial charge on any atom is 0.416 e. The van der Waals surface area contributed by atoms with E-state index in [0.717, 1.165) is 17.7 Å². The lowest BCUT2D eigenvalue weighted by Crippen LogP contribution is -2.08. The summed E-state index contributed by atoms with van der Waals surface area (Å²) in [6, 6.07) is 9.61. The molecule has 8 heteroatoms. The van der Waals surface area contributed by atoms with Gasteiger partial charge in [0.05, 0.1) is 23.0 Å². The first-order chi connectivity index (χ1) is 12.9. The lowest BCUT2D eigenvalue weighted by atomic mass is 10.0. The molecule has 134 valence electrons. The molecule has 0 aliphatic rings. The van der Waals surface area contributed by atoms with Crippen LogP contribution < -0.4 is 0 Å². The van der Waals surface area contributed by atoms with Gasteiger partial charge in [-0.2, -0.15) is 18.3 Å². The number of carbonyl (C=O) groups is 1. The maximum atomic E-state index is 12.9. The van der Waals surface area contributed by atoms with Gasteiger partial charge in [0.25, 0.3) is 0 Å². The zero-order valence-electron chi connectivity index (χ0n) is 13.7. The summed E-state index contributed by atoms with van der Waals surface area (Å²) < 4.78 is 40.2. The number of fused-ring (bicyclic) bond motifs is 1. The van der Waals surface area contributed by atoms with Crippen molar-refractivity contribution in [3.8, 4) is 11.3 Å². The van der Waals surface area contributed by atoms with Crippen LogP contribution in [0, 0.1) is 0 Å². The van der Waals surface area contributed by atoms with Crippen LogP contribution in [0.1, 0.15) is 21.5 Å². The number of nitrogens with zero attached hydrogens (tertiary/aromatic N) is 4. The third kappa shape index (κ3) is 3.05. The molecule has 0 atom stereocenters. The first kappa shape index (κ1) is 16.9. The molecule has 0 N–H and O–H groups in total. The minimum Gasteiger partial charge on any atom is -0.288 e. The molecule has 5 nitrogen and oxygen atoms in total. The molecule has 0 aliphatic carbocycles. The number of carbonyl (C=O) groups excluding carboxylic acids is 1. The zero-order chi connectivity index (χ0) is 19.0. The van der Waals surface area contributed by atoms with Gasteiger partial charge in [0, 0.05) is 29.7 Å². The number of pyridine rings is 1. The number of benzene rings is 1. The Morgan fingerprint density at radius 1 is 1.00 bits per heavy atom. The van der Waals surface area contributed by atoms with Crippen molar-refractivity contribution >= 4 is 11.4 Å². The molecule has 0 saturated heterocycles. The molecule has 4 aromatic rings. The van der Waals surface area contributed by atoms with Crippen LogP contribution in [0.4, 0.5) is 13.2 Å². The van der Waals surface area contributed by atoms with Gasteiger partial charge in [-0.05, 0) is 30.3 Å². The van der Waals surface area contributed by atoms with E-state index in [1.165, 1.54) is 29.0 Å². The molecule has 0 spiro atoms. The van der Waals surface area contributed by atoms with Crippen LogP contribution >= 0.6 is 0 Å². The smallest absolute Gasteiger partial charge is 0.288 e. The van der Waals surface area contributed by atoms with E-state index >= 15 is 0 Å². The van der Waals surface area contributed by atoms with Gasteiger partial charge in [-0.3, -0.25) is 9.78 Å². The average Bonchev–Trinajstić information content (AvgIpc) is 3.11. The Morgan fingerprint density at radius 3 is 2.59 bits per heavy atom. The molecular weight excluding hydrogens is 357 g/mol. The van der Waals surface area contributed by atoms with Gasteiger partial charge in [-0.1, -0.05) is 12.1 Å². The number of aromatic nitrogens is 4. The number of halogens is 3. The fourth-order valence-corrected chi connectivity index (χ4v) is 2.78. The van der Waals surface area contributed by atoms with Crippen molar-refractivity contribution in [1.82, 2.24) is 19.6 Å². The molecule has 1 aromatic carbocycles. The Balaban J connectivity index is 1.81. The first-order valence-corrected chi connectivity index (χ1v) is 7.90. The molecule has 0 saturated carbocycles. The molecule has 27 heavy (non-hydrogen) atoms. The molecule has 0 bridgehead atoms. The summed E-state index contributed by atoms with van der Waals surface area (Å²) in [5.74, 6) is -0.577. The minimum atomic E-state index is -4.52. The predicted molar refractivity (Wildman–Crippen MR) is 91.1 cm³/mol. The molecule has 0 radical (unpaired) electrons. The lowest BCUT2D eigenvalue weighted by Gasteiger charge is -2.08. The monoisotopic (exact) mass is 368 g/mol. The van der Waals surface area contributed by atoms with Crippen molar-refractivity contribution in [3.05, 3.63) is 83.9 Å². The highest BCUT2D eigenvalue weighted by atomic mass is 19.4. The number of hydrogen-bond donors (Lipinski definition) is 0. The van der Waals surface area contributed by atoms with Crippen LogP contribution in [0.15, 0.2) is 67.3 Å². The summed E-state index contributed by atoms with van der Waals surface area (Å²) in [5.41, 5.74) is 0.864. The summed E-state index contributed by atoms with van der Waals surface area (Å²) in [6.45, 7) is 0. The minimum absolute atomic E-state index is 0.0756. The molecule has 4 rings (SSSR count). The lowest BCUT2D eigenvalue weighted by molar-refractivity contribution is -0.137. The summed E-state index contributed by atoms with van der Waals surface area (Å²) in [4.78, 5) is 21.0. The quantitative estimate of drug-likeness (QED) is 0.512. The van der Waals surface area contributed by atoms with Gasteiger partial charge in [0.1, 0.15) is 0 Å². The Hall–Kier alpha value is -3.55. The second kappa shape index (κ2) is 6.31. The van der Waals surface area contributed by atoms with Gasteiger partial charge in [0.2, 0.25) is 0 Å². The van der Waals surface area contributed by atoms with Crippen molar-refractivity contribution < 1.29 is 18.0 Å². The van der Waals surface area contributed by atoms with E-state index in [1.807, 2.05) is 6.07 Å². The Kier molecular flexibility index (Phi) is 3.95. The van der Waals surface area contributed by atoms with E-state index in [-0.39, 0.29) is 16.8 Å². The van der Waals surface area contributed by atoms with E-state index in [1.54, 1.807) is 24.5 Å². The predicted octanol–water partition coefficient (Wildman–Crippen LogP) is 4.04. The van der Waals surface area contributed by atoms with Crippen molar-refractivity contribution in [2.75, 3.05) is 0 Å². The highest BCUT2D eigenvalue weighted by Gasteiger charge is 2.31. The van der Waals surface area contributed by atoms with E-state index in [0.29, 0.717) is 5.69 Å². The van der Waals surface area contributed by atoms with Gasteiger partial charge in [-0.25, -0.2) is 9.50 Å². The highest BCUT2D eigenvalue weighted by Crippen LogP contribution is 2.30. The molecule has 0 fully saturated rings. The molecule has 0 aliphatic heterocycles. The number of hydrogen-bond acceptors (Lipinski definition) is 4. The zero-order valence-corrected chi connectivity index (χ0v) is 13.7. The second-order valence-corrected chi connectivity index (χ2v) is 5.77. The third-order valence-electron chi connectivity index (χ3n) is 4.06. The Morgan fingerprint density at radius 2 is 1.85 bits per heavy atom. The molecule has 3 aromatic heterocycles. The standard InChI is InChI=1S/C19H11F3N4O/c20-19(21,22)14-5-1-3-12(9-14)17(27)15-11-25-26-16(6-8-24-18(15)26)13-4-2-7-23-10-13/h1-11H. The molecule has 0 amide bonds. The molecular formula is C19H11F3N4O. The van der Waals surface area contributed by atoms with Crippen LogP contribution in [0.5, 0.6) is 0 Å². The van der Waals surface area contributed by atoms with Crippen molar-refractivity contribution in [2.24, 2.45) is 0 Å². The van der Waals surface area contributed by atoms with Crippen LogP contribution in [-0.2, 0) is 6.18 Å². The van der Waals surface area contributed by atoms with Gasteiger partial charge in [-0.15, -0.1) is 0 Å². The Labute approximate surface area is 151 Å². The van der Waals surface area contributed by atoms with Crippen molar-refractivity contribution in [3.63, 3.8) is 0 Å². The fraction of sp³-hybridized carbons (Fsp3) is 0.0526. The van der Waals surface area contributed by atoms with Crippen LogP contribution in [0.25, 0.3) is 16.9 Å². The first-order valence-electron chi connectivity index (χ1n) is 7.90. The summed E-state index contributed by atoms with van der Waals surface area (Å²) in [5, 5.41) is 4.20. The summed E-state index contributed by atoms with van der Waals surface area (Å²) >= 11 is 0. The van der Waals surface area contributed by atoms with Crippen LogP contribution in [0.2, 0.25) is 0 Å². The van der Waals surface area contributed by atoms with Gasteiger partial charge >= 0.3 is 6.18 Å². The second-order valence-electron chi connectivity index (χ2n) is 5.77. The van der Waals surface area contributed by atoms with E-state index in [9.17, 15) is 18.0 Å². The number of alkyl halides is 3. The topological polar surface area (TPSA) is 60.2 Å². The normalized spacial score (nSPS) is 11.7. The van der Waals surface area contributed by atoms with Crippen LogP contribution in [0.3, 0.4) is 0 Å². The third-order valence-corrected chi connectivity index (χ3v) is 4.06. The van der Waals surface area contributed by atoms with E-state index in [2.05, 4.69) is 15.1 Å². The van der Waals surface area contributed by atoms with E-state index in [4.69, 9.17) is 0 Å². The van der Waals surface area contributed by atoms with Crippen LogP contribution in [-0.4, -0.2) is 25.4 Å². The maximum absolute atomic E-state index is 12.9. The van der Waals surface area contributed by atoms with Crippen molar-refractivity contribution in [1.29, 1.82) is 0 Å². The Bertz CT molecular complexity index is 1140. The fourth-order valence-electron chi connectivity index (χ4n) is 2.78. The largest absolute Gasteiger partial charge is 0.416 e. The summed E-state index contributed by atoms with van der Waals surface area (Å²) in [6.07, 6.45) is 1.58. The number of ketones is 1. The van der Waals surface area contributed by atoms with Gasteiger partial charge in [0.15, 0.2) is 11.4 Å². The summed E-state index contributed by atoms with van der Waals surface area (Å²) in [7, 11) is 0. The van der Waals surface area contributed by atoms with E-state index < -0.39 is 17.5 Å². The SMILES string of the molecule is O=C(c1cccc(C(F)(F)F)c1)c1cnn2c(-c3cccnc3)ccnc12. The van der Waals surface area contributed by atoms with Gasteiger partial charge < -0.3 is 0 Å². The van der Waals surface area contributed by atoms with Crippen molar-refractivity contribution in [2.45, 2.75) is 6.18 Å². The average molecular weight is 368 g/mol. The molecule has 3 heterocycles.